The summed E-state index contributed by atoms with van der Waals surface area (Å²) in [6, 6.07) is 10.8. The van der Waals surface area contributed by atoms with Gasteiger partial charge in [0.15, 0.2) is 0 Å². The molecule has 1 rings (SSSR count). The molecule has 0 aliphatic rings. The minimum Gasteiger partial charge on any atom is -0.396 e. The van der Waals surface area contributed by atoms with Crippen LogP contribution >= 0.6 is 0 Å². The number of hydrogen-bond acceptors (Lipinski definition) is 1. The van der Waals surface area contributed by atoms with Crippen LogP contribution in [0.25, 0.3) is 0 Å². The fourth-order valence-electron chi connectivity index (χ4n) is 2.66. The molecule has 0 amide bonds. The molecule has 0 aliphatic carbocycles. The van der Waals surface area contributed by atoms with Crippen molar-refractivity contribution in [3.8, 4) is 0 Å². The number of rotatable bonds is 14. The first kappa shape index (κ1) is 20.5. The molecule has 0 bridgehead atoms. The van der Waals surface area contributed by atoms with Crippen LogP contribution in [0.2, 0.25) is 0 Å². The van der Waals surface area contributed by atoms with Gasteiger partial charge in [0.1, 0.15) is 0 Å². The molecule has 1 aromatic carbocycles. The Kier molecular flexibility index (Phi) is 13.4. The molecule has 0 spiro atoms. The second-order valence-corrected chi connectivity index (χ2v) is 8.38. The molecular formula is C21H34OSe. The van der Waals surface area contributed by atoms with Crippen LogP contribution < -0.4 is 4.46 Å². The van der Waals surface area contributed by atoms with Crippen LogP contribution in [0.4, 0.5) is 0 Å². The normalized spacial score (nSPS) is 11.8. The van der Waals surface area contributed by atoms with Crippen LogP contribution in [0.5, 0.6) is 0 Å². The van der Waals surface area contributed by atoms with Gasteiger partial charge in [-0.2, -0.15) is 0 Å². The van der Waals surface area contributed by atoms with Crippen LogP contribution in [-0.2, 0) is 0 Å². The van der Waals surface area contributed by atoms with E-state index in [2.05, 4.69) is 42.2 Å². The summed E-state index contributed by atoms with van der Waals surface area (Å²) < 4.78 is 1.47. The first-order chi connectivity index (χ1) is 11.3. The van der Waals surface area contributed by atoms with Crippen LogP contribution in [0, 0.1) is 0 Å². The molecule has 0 aliphatic heterocycles. The molecule has 1 N–H and O–H groups in total. The van der Waals surface area contributed by atoms with Crippen LogP contribution in [0.15, 0.2) is 40.9 Å². The molecule has 1 aromatic rings. The number of benzene rings is 1. The van der Waals surface area contributed by atoms with Gasteiger partial charge >= 0.3 is 131 Å². The fraction of sp³-hybridized carbons (Fsp3) is 0.619. The van der Waals surface area contributed by atoms with E-state index in [-0.39, 0.29) is 0 Å². The summed E-state index contributed by atoms with van der Waals surface area (Å²) in [4.78, 5) is 2.45. The average Bonchev–Trinajstić information content (AvgIpc) is 2.59. The molecule has 0 saturated heterocycles. The Balaban J connectivity index is 1.90. The molecular weight excluding hydrogens is 347 g/mol. The van der Waals surface area contributed by atoms with Gasteiger partial charge in [0.25, 0.3) is 0 Å². The standard InChI is InChI=1S/C21H34OSe/c1-20(19-23-21-16-12-10-13-17-21)15-11-8-6-4-2-3-5-7-9-14-18-22/h10,12-13,16-17,19,22H,2-9,11,14-15,18H2,1H3/b20-19+. The van der Waals surface area contributed by atoms with Crippen LogP contribution in [-0.4, -0.2) is 26.7 Å². The molecule has 23 heavy (non-hydrogen) atoms. The third kappa shape index (κ3) is 12.5. The molecule has 0 fully saturated rings. The zero-order valence-electron chi connectivity index (χ0n) is 14.8. The first-order valence-electron chi connectivity index (χ1n) is 9.31. The molecule has 0 atom stereocenters. The van der Waals surface area contributed by atoms with E-state index >= 15 is 0 Å². The van der Waals surface area contributed by atoms with Crippen molar-refractivity contribution in [2.75, 3.05) is 6.61 Å². The molecule has 1 nitrogen and oxygen atoms in total. The van der Waals surface area contributed by atoms with Gasteiger partial charge in [-0.15, -0.1) is 0 Å². The number of allylic oxidation sites excluding steroid dienone is 1. The van der Waals surface area contributed by atoms with Crippen molar-refractivity contribution in [1.82, 2.24) is 0 Å². The van der Waals surface area contributed by atoms with Crippen molar-refractivity contribution in [2.45, 2.75) is 77.6 Å². The predicted molar refractivity (Wildman–Crippen MR) is 103 cm³/mol. The smallest absolute Gasteiger partial charge is 0.396 e. The predicted octanol–water partition coefficient (Wildman–Crippen LogP) is 5.20. The van der Waals surface area contributed by atoms with Crippen molar-refractivity contribution in [1.29, 1.82) is 0 Å². The summed E-state index contributed by atoms with van der Waals surface area (Å²) in [5.41, 5.74) is 1.57. The number of unbranched alkanes of at least 4 members (excludes halogenated alkanes) is 9. The second-order valence-electron chi connectivity index (χ2n) is 6.40. The van der Waals surface area contributed by atoms with Gasteiger partial charge in [0.2, 0.25) is 0 Å². The van der Waals surface area contributed by atoms with Gasteiger partial charge in [-0.25, -0.2) is 0 Å². The van der Waals surface area contributed by atoms with E-state index in [9.17, 15) is 0 Å². The topological polar surface area (TPSA) is 20.2 Å². The zero-order chi connectivity index (χ0) is 16.6. The van der Waals surface area contributed by atoms with Gasteiger partial charge in [0, 0.05) is 6.61 Å². The third-order valence-corrected chi connectivity index (χ3v) is 6.35. The average molecular weight is 381 g/mol. The Bertz CT molecular complexity index is 400. The van der Waals surface area contributed by atoms with Crippen molar-refractivity contribution >= 4 is 19.4 Å². The molecule has 2 heteroatoms. The van der Waals surface area contributed by atoms with E-state index in [4.69, 9.17) is 5.11 Å². The number of aliphatic hydroxyl groups is 1. The second kappa shape index (κ2) is 15.0. The summed E-state index contributed by atoms with van der Waals surface area (Å²) >= 11 is 0.501. The Hall–Kier alpha value is -0.561. The van der Waals surface area contributed by atoms with Gasteiger partial charge in [0.05, 0.1) is 0 Å². The molecule has 0 heterocycles. The quantitative estimate of drug-likeness (QED) is 0.347. The molecule has 130 valence electrons. The Morgan fingerprint density at radius 3 is 1.91 bits per heavy atom. The maximum absolute atomic E-state index is 8.72. The Morgan fingerprint density at radius 1 is 0.826 bits per heavy atom. The van der Waals surface area contributed by atoms with Gasteiger partial charge in [-0.3, -0.25) is 0 Å². The van der Waals surface area contributed by atoms with Gasteiger partial charge in [-0.1, -0.05) is 0 Å². The number of aliphatic hydroxyl groups excluding tert-OH is 1. The monoisotopic (exact) mass is 382 g/mol. The summed E-state index contributed by atoms with van der Waals surface area (Å²) in [5.74, 6) is 0. The van der Waals surface area contributed by atoms with E-state index < -0.39 is 0 Å². The van der Waals surface area contributed by atoms with Gasteiger partial charge < -0.3 is 5.11 Å². The molecule has 0 radical (unpaired) electrons. The molecule has 0 unspecified atom stereocenters. The molecule has 0 saturated carbocycles. The Labute approximate surface area is 149 Å². The van der Waals surface area contributed by atoms with E-state index in [0.29, 0.717) is 21.6 Å². The Morgan fingerprint density at radius 2 is 1.35 bits per heavy atom. The summed E-state index contributed by atoms with van der Waals surface area (Å²) in [5, 5.41) is 8.72. The van der Waals surface area contributed by atoms with Crippen LogP contribution in [0.1, 0.15) is 77.6 Å². The summed E-state index contributed by atoms with van der Waals surface area (Å²) in [7, 11) is 0. The van der Waals surface area contributed by atoms with Crippen molar-refractivity contribution in [3.05, 3.63) is 40.9 Å². The fourth-order valence-corrected chi connectivity index (χ4v) is 4.27. The van der Waals surface area contributed by atoms with Crippen molar-refractivity contribution in [2.24, 2.45) is 0 Å². The minimum atomic E-state index is 0.361. The SMILES string of the molecule is C/C(=C\[Se]c1ccccc1)CCCCCCCCCCCCO. The first-order valence-corrected chi connectivity index (χ1v) is 11.2. The summed E-state index contributed by atoms with van der Waals surface area (Å²) in [6.45, 7) is 2.65. The molecule has 0 aromatic heterocycles. The van der Waals surface area contributed by atoms with E-state index in [1.54, 1.807) is 5.57 Å². The summed E-state index contributed by atoms with van der Waals surface area (Å²) in [6.07, 6.45) is 14.4. The zero-order valence-corrected chi connectivity index (χ0v) is 16.5. The number of hydrogen-bond donors (Lipinski definition) is 1. The van der Waals surface area contributed by atoms with Crippen molar-refractivity contribution in [3.63, 3.8) is 0 Å². The maximum atomic E-state index is 8.72. The van der Waals surface area contributed by atoms with Gasteiger partial charge in [-0.05, 0) is 6.42 Å². The minimum absolute atomic E-state index is 0.361. The van der Waals surface area contributed by atoms with E-state index in [1.165, 1.54) is 68.7 Å². The van der Waals surface area contributed by atoms with Crippen LogP contribution in [0.3, 0.4) is 0 Å². The van der Waals surface area contributed by atoms with E-state index in [0.717, 1.165) is 6.42 Å². The van der Waals surface area contributed by atoms with Crippen molar-refractivity contribution < 1.29 is 5.11 Å². The third-order valence-electron chi connectivity index (χ3n) is 4.12. The van der Waals surface area contributed by atoms with E-state index in [1.807, 2.05) is 0 Å².